The molecule has 44 heavy (non-hydrogen) atoms. The molecule has 2 aliphatic heterocycles. The number of carbonyl (C=O) groups excluding carboxylic acids is 4. The van der Waals surface area contributed by atoms with Crippen molar-refractivity contribution in [3.05, 3.63) is 35.9 Å². The van der Waals surface area contributed by atoms with Crippen molar-refractivity contribution in [2.75, 3.05) is 13.2 Å². The molecule has 2 unspecified atom stereocenters. The summed E-state index contributed by atoms with van der Waals surface area (Å²) in [6.07, 6.45) is 9.11. The van der Waals surface area contributed by atoms with Gasteiger partial charge in [0, 0.05) is 6.04 Å². The zero-order chi connectivity index (χ0) is 31.5. The summed E-state index contributed by atoms with van der Waals surface area (Å²) in [5, 5.41) is 3.22. The maximum atomic E-state index is 14.0. The molecule has 0 aromatic heterocycles. The van der Waals surface area contributed by atoms with Gasteiger partial charge in [-0.25, -0.2) is 9.59 Å². The molecule has 0 spiro atoms. The van der Waals surface area contributed by atoms with E-state index in [1.807, 2.05) is 30.3 Å². The van der Waals surface area contributed by atoms with E-state index in [9.17, 15) is 19.2 Å². The molecule has 7 atom stereocenters. The number of benzene rings is 1. The van der Waals surface area contributed by atoms with E-state index < -0.39 is 42.5 Å². The van der Waals surface area contributed by atoms with Gasteiger partial charge in [-0.1, -0.05) is 75.8 Å². The fraction of sp³-hybridized carbons (Fsp3) is 0.706. The third-order valence-electron chi connectivity index (χ3n) is 9.22. The summed E-state index contributed by atoms with van der Waals surface area (Å²) < 4.78 is 21.3. The summed E-state index contributed by atoms with van der Waals surface area (Å²) in [6.45, 7) is 5.84. The van der Waals surface area contributed by atoms with E-state index in [1.54, 1.807) is 18.7 Å². The highest BCUT2D eigenvalue weighted by molar-refractivity contribution is 5.89. The third-order valence-corrected chi connectivity index (χ3v) is 9.22. The number of carbonyl (C=O) groups is 4. The van der Waals surface area contributed by atoms with Crippen molar-refractivity contribution in [1.82, 2.24) is 10.2 Å². The number of nitrogens with one attached hydrogen (secondary N) is 1. The maximum absolute atomic E-state index is 14.0. The van der Waals surface area contributed by atoms with Gasteiger partial charge in [-0.2, -0.15) is 0 Å². The van der Waals surface area contributed by atoms with Crippen molar-refractivity contribution in [2.45, 2.75) is 134 Å². The summed E-state index contributed by atoms with van der Waals surface area (Å²) in [4.78, 5) is 53.7. The van der Waals surface area contributed by atoms with E-state index in [0.717, 1.165) is 44.1 Å². The molecule has 4 rings (SSSR count). The van der Waals surface area contributed by atoms with Crippen LogP contribution in [-0.4, -0.2) is 78.5 Å². The first-order valence-electron chi connectivity index (χ1n) is 16.6. The number of amides is 1. The van der Waals surface area contributed by atoms with Crippen LogP contribution in [0.25, 0.3) is 0 Å². The minimum absolute atomic E-state index is 0.00611. The summed E-state index contributed by atoms with van der Waals surface area (Å²) in [7, 11) is 0. The Labute approximate surface area is 261 Å². The third kappa shape index (κ3) is 9.19. The first-order chi connectivity index (χ1) is 21.3. The van der Waals surface area contributed by atoms with Crippen LogP contribution in [0.3, 0.4) is 0 Å². The normalized spacial score (nSPS) is 25.6. The van der Waals surface area contributed by atoms with Crippen LogP contribution >= 0.6 is 0 Å². The van der Waals surface area contributed by atoms with Crippen LogP contribution in [0, 0.1) is 5.92 Å². The van der Waals surface area contributed by atoms with Gasteiger partial charge in [0.25, 0.3) is 0 Å². The van der Waals surface area contributed by atoms with E-state index in [4.69, 9.17) is 18.9 Å². The lowest BCUT2D eigenvalue weighted by Gasteiger charge is -2.32. The molecule has 1 aromatic carbocycles. The number of rotatable bonds is 17. The first kappa shape index (κ1) is 33.7. The first-order valence-corrected chi connectivity index (χ1v) is 16.6. The molecular formula is C34H50N2O8. The lowest BCUT2D eigenvalue weighted by Crippen LogP contribution is -2.55. The molecule has 0 radical (unpaired) electrons. The monoisotopic (exact) mass is 614 g/mol. The molecule has 1 N–H and O–H groups in total. The fourth-order valence-electron chi connectivity index (χ4n) is 6.70. The second-order valence-corrected chi connectivity index (χ2v) is 12.5. The number of ether oxygens (including phenoxy) is 4. The number of fused-ring (bicyclic) bond motifs is 1. The largest absolute Gasteiger partial charge is 0.509 e. The van der Waals surface area contributed by atoms with E-state index in [2.05, 4.69) is 12.2 Å². The van der Waals surface area contributed by atoms with Gasteiger partial charge >= 0.3 is 18.1 Å². The Morgan fingerprint density at radius 1 is 1.02 bits per heavy atom. The highest BCUT2D eigenvalue weighted by Gasteiger charge is 2.50. The topological polar surface area (TPSA) is 120 Å². The van der Waals surface area contributed by atoms with Crippen molar-refractivity contribution < 1.29 is 38.1 Å². The average Bonchev–Trinajstić information content (AvgIpc) is 3.71. The number of hydrogen-bond acceptors (Lipinski definition) is 9. The van der Waals surface area contributed by atoms with Crippen LogP contribution < -0.4 is 5.32 Å². The lowest BCUT2D eigenvalue weighted by molar-refractivity contribution is -0.156. The van der Waals surface area contributed by atoms with E-state index in [1.165, 1.54) is 19.3 Å². The van der Waals surface area contributed by atoms with E-state index in [-0.39, 0.29) is 30.4 Å². The minimum atomic E-state index is -0.789. The zero-order valence-electron chi connectivity index (χ0n) is 26.5. The molecule has 10 nitrogen and oxygen atoms in total. The van der Waals surface area contributed by atoms with Crippen molar-refractivity contribution >= 4 is 24.0 Å². The van der Waals surface area contributed by atoms with Gasteiger partial charge < -0.3 is 23.8 Å². The molecule has 0 bridgehead atoms. The quantitative estimate of drug-likeness (QED) is 0.145. The second-order valence-electron chi connectivity index (χ2n) is 12.5. The summed E-state index contributed by atoms with van der Waals surface area (Å²) in [5.41, 5.74) is 1.05. The highest BCUT2D eigenvalue weighted by atomic mass is 16.8. The predicted molar refractivity (Wildman–Crippen MR) is 164 cm³/mol. The Morgan fingerprint density at radius 2 is 1.77 bits per heavy atom. The fourth-order valence-corrected chi connectivity index (χ4v) is 6.70. The smallest absolute Gasteiger partial charge is 0.464 e. The average molecular weight is 615 g/mol. The standard InChI is InChI=1S/C34H50N2O8/c1-4-5-6-7-8-12-20-41-33(39)29-21-26-16-13-17-28(26)36(29)31(37)23(2)35-27(19-18-25-14-10-9-11-15-25)32(38)42-22-30-24(3)43-34(40)44-30/h9-11,14-15,23-24,26-30,35H,4-8,12-13,16-22H2,1-3H3/t23-,24?,26-,27-,28-,29-,30?/m0/s1. The zero-order valence-corrected chi connectivity index (χ0v) is 26.5. The van der Waals surface area contributed by atoms with Gasteiger partial charge in [-0.15, -0.1) is 0 Å². The van der Waals surface area contributed by atoms with Gasteiger partial charge in [0.05, 0.1) is 12.6 Å². The van der Waals surface area contributed by atoms with Gasteiger partial charge in [0.1, 0.15) is 24.8 Å². The molecule has 1 amide bonds. The van der Waals surface area contributed by atoms with Crippen molar-refractivity contribution in [3.63, 3.8) is 0 Å². The van der Waals surface area contributed by atoms with E-state index >= 15 is 0 Å². The Bertz CT molecular complexity index is 1100. The summed E-state index contributed by atoms with van der Waals surface area (Å²) >= 11 is 0. The molecule has 3 fully saturated rings. The molecule has 1 aliphatic carbocycles. The van der Waals surface area contributed by atoms with Gasteiger partial charge in [-0.05, 0) is 63.9 Å². The number of esters is 2. The minimum Gasteiger partial charge on any atom is -0.464 e. The SMILES string of the molecule is CCCCCCCCOC(=O)[C@@H]1C[C@@H]2CCC[C@@H]2N1C(=O)[C@H](C)N[C@@H](CCc1ccccc1)C(=O)OCC1OC(=O)OC1C. The van der Waals surface area contributed by atoms with Gasteiger partial charge in [0.15, 0.2) is 6.10 Å². The number of likely N-dealkylation sites (tertiary alicyclic amines) is 1. The number of unbranched alkanes of at least 4 members (excludes halogenated alkanes) is 5. The van der Waals surface area contributed by atoms with Crippen LogP contribution in [0.4, 0.5) is 4.79 Å². The Balaban J connectivity index is 1.37. The molecule has 10 heteroatoms. The van der Waals surface area contributed by atoms with Crippen LogP contribution in [-0.2, 0) is 39.8 Å². The Kier molecular flexibility index (Phi) is 12.9. The molecule has 244 valence electrons. The number of aryl methyl sites for hydroxylation is 1. The number of cyclic esters (lactones) is 2. The molecule has 1 saturated carbocycles. The van der Waals surface area contributed by atoms with Crippen molar-refractivity contribution in [1.29, 1.82) is 0 Å². The second kappa shape index (κ2) is 16.8. The maximum Gasteiger partial charge on any atom is 0.509 e. The van der Waals surface area contributed by atoms with Crippen molar-refractivity contribution in [2.24, 2.45) is 5.92 Å². The molecule has 3 aliphatic rings. The summed E-state index contributed by atoms with van der Waals surface area (Å²) in [5.74, 6) is -0.776. The summed E-state index contributed by atoms with van der Waals surface area (Å²) in [6, 6.07) is 7.67. The molecular weight excluding hydrogens is 564 g/mol. The van der Waals surface area contributed by atoms with E-state index in [0.29, 0.717) is 25.9 Å². The van der Waals surface area contributed by atoms with Crippen LogP contribution in [0.5, 0.6) is 0 Å². The number of hydrogen-bond donors (Lipinski definition) is 1. The number of nitrogens with zero attached hydrogens (tertiary/aromatic N) is 1. The van der Waals surface area contributed by atoms with Gasteiger partial charge in [0.2, 0.25) is 5.91 Å². The highest BCUT2D eigenvalue weighted by Crippen LogP contribution is 2.42. The van der Waals surface area contributed by atoms with Crippen LogP contribution in [0.1, 0.15) is 97.0 Å². The van der Waals surface area contributed by atoms with Crippen LogP contribution in [0.2, 0.25) is 0 Å². The van der Waals surface area contributed by atoms with Crippen LogP contribution in [0.15, 0.2) is 30.3 Å². The predicted octanol–water partition coefficient (Wildman–Crippen LogP) is 5.11. The molecule has 1 aromatic rings. The van der Waals surface area contributed by atoms with Crippen molar-refractivity contribution in [3.8, 4) is 0 Å². The molecule has 2 heterocycles. The lowest BCUT2D eigenvalue weighted by atomic mass is 10.0. The van der Waals surface area contributed by atoms with Gasteiger partial charge in [-0.3, -0.25) is 14.9 Å². The molecule has 2 saturated heterocycles. The Hall–Kier alpha value is -3.14. The Morgan fingerprint density at radius 3 is 2.50 bits per heavy atom.